The number of ether oxygens (including phenoxy) is 1. The second-order valence-corrected chi connectivity index (χ2v) is 7.60. The molecule has 0 saturated heterocycles. The maximum absolute atomic E-state index is 13.2. The molecule has 0 aliphatic heterocycles. The molecule has 3 aromatic rings. The van der Waals surface area contributed by atoms with Crippen LogP contribution >= 0.6 is 0 Å². The van der Waals surface area contributed by atoms with Crippen LogP contribution in [0, 0.1) is 12.7 Å². The monoisotopic (exact) mass is 386 g/mol. The summed E-state index contributed by atoms with van der Waals surface area (Å²) >= 11 is 0. The molecule has 0 atom stereocenters. The number of hydrogen-bond acceptors (Lipinski definition) is 4. The van der Waals surface area contributed by atoms with Crippen LogP contribution in [0.25, 0.3) is 0 Å². The second-order valence-electron chi connectivity index (χ2n) is 5.95. The van der Waals surface area contributed by atoms with E-state index in [4.69, 9.17) is 4.74 Å². The number of halogens is 1. The first-order valence-electron chi connectivity index (χ1n) is 8.17. The van der Waals surface area contributed by atoms with Crippen LogP contribution in [-0.2, 0) is 10.0 Å². The number of methoxy groups -OCH3 is 1. The highest BCUT2D eigenvalue weighted by Crippen LogP contribution is 2.24. The summed E-state index contributed by atoms with van der Waals surface area (Å²) in [6, 6.07) is 17.9. The van der Waals surface area contributed by atoms with Crippen molar-refractivity contribution in [3.63, 3.8) is 0 Å². The summed E-state index contributed by atoms with van der Waals surface area (Å²) in [6.45, 7) is 1.56. The molecule has 0 spiro atoms. The zero-order valence-electron chi connectivity index (χ0n) is 14.9. The van der Waals surface area contributed by atoms with E-state index in [-0.39, 0.29) is 4.90 Å². The molecule has 0 aliphatic rings. The molecule has 3 rings (SSSR count). The predicted molar refractivity (Wildman–Crippen MR) is 105 cm³/mol. The molecule has 3 aromatic carbocycles. The first kappa shape index (κ1) is 18.7. The lowest BCUT2D eigenvalue weighted by atomic mass is 10.2. The van der Waals surface area contributed by atoms with Crippen molar-refractivity contribution < 1.29 is 17.5 Å². The van der Waals surface area contributed by atoms with E-state index in [1.807, 2.05) is 24.3 Å². The van der Waals surface area contributed by atoms with Gasteiger partial charge in [0.05, 0.1) is 12.0 Å². The smallest absolute Gasteiger partial charge is 0.262 e. The van der Waals surface area contributed by atoms with Crippen LogP contribution in [0.3, 0.4) is 0 Å². The number of hydrogen-bond donors (Lipinski definition) is 2. The van der Waals surface area contributed by atoms with Crippen molar-refractivity contribution in [1.29, 1.82) is 0 Å². The van der Waals surface area contributed by atoms with E-state index >= 15 is 0 Å². The van der Waals surface area contributed by atoms with Gasteiger partial charge < -0.3 is 10.1 Å². The lowest BCUT2D eigenvalue weighted by Gasteiger charge is -2.12. The fraction of sp³-hybridized carbons (Fsp3) is 0.100. The van der Waals surface area contributed by atoms with Crippen molar-refractivity contribution in [2.75, 3.05) is 17.1 Å². The number of aryl methyl sites for hydroxylation is 1. The summed E-state index contributed by atoms with van der Waals surface area (Å²) in [5.41, 5.74) is 2.45. The first-order valence-corrected chi connectivity index (χ1v) is 9.66. The van der Waals surface area contributed by atoms with Crippen molar-refractivity contribution in [2.45, 2.75) is 11.8 Å². The van der Waals surface area contributed by atoms with Crippen molar-refractivity contribution in [1.82, 2.24) is 0 Å². The van der Waals surface area contributed by atoms with Gasteiger partial charge in [0.1, 0.15) is 11.6 Å². The van der Waals surface area contributed by atoms with E-state index in [0.717, 1.165) is 23.2 Å². The van der Waals surface area contributed by atoms with Gasteiger partial charge in [-0.05, 0) is 79.2 Å². The lowest BCUT2D eigenvalue weighted by Crippen LogP contribution is -2.14. The zero-order chi connectivity index (χ0) is 19.4. The highest BCUT2D eigenvalue weighted by Gasteiger charge is 2.17. The van der Waals surface area contributed by atoms with E-state index in [2.05, 4.69) is 10.0 Å². The third kappa shape index (κ3) is 4.57. The van der Waals surface area contributed by atoms with Crippen LogP contribution in [0.4, 0.5) is 21.5 Å². The van der Waals surface area contributed by atoms with Crippen molar-refractivity contribution in [3.8, 4) is 5.75 Å². The molecule has 0 unspecified atom stereocenters. The fourth-order valence-electron chi connectivity index (χ4n) is 2.59. The Morgan fingerprint density at radius 2 is 1.41 bits per heavy atom. The Balaban J connectivity index is 1.73. The average molecular weight is 386 g/mol. The molecule has 0 aromatic heterocycles. The van der Waals surface area contributed by atoms with Crippen LogP contribution in [0.5, 0.6) is 5.75 Å². The second kappa shape index (κ2) is 7.67. The molecular formula is C20H19FN2O3S. The summed E-state index contributed by atoms with van der Waals surface area (Å²) in [4.78, 5) is 0.0457. The molecular weight excluding hydrogens is 367 g/mol. The maximum Gasteiger partial charge on any atom is 0.262 e. The Morgan fingerprint density at radius 3 is 1.96 bits per heavy atom. The third-order valence-corrected chi connectivity index (χ3v) is 5.48. The van der Waals surface area contributed by atoms with E-state index in [1.165, 1.54) is 12.1 Å². The Labute approximate surface area is 157 Å². The summed E-state index contributed by atoms with van der Waals surface area (Å²) in [5, 5.41) is 3.22. The van der Waals surface area contributed by atoms with Crippen LogP contribution in [0.2, 0.25) is 0 Å². The quantitative estimate of drug-likeness (QED) is 0.645. The molecule has 27 heavy (non-hydrogen) atoms. The highest BCUT2D eigenvalue weighted by molar-refractivity contribution is 7.92. The Morgan fingerprint density at radius 1 is 0.852 bits per heavy atom. The molecule has 0 aliphatic carbocycles. The van der Waals surface area contributed by atoms with E-state index < -0.39 is 15.8 Å². The topological polar surface area (TPSA) is 67.4 Å². The van der Waals surface area contributed by atoms with E-state index in [1.54, 1.807) is 38.3 Å². The number of sulfonamides is 1. The molecule has 2 N–H and O–H groups in total. The standard InChI is InChI=1S/C20H19FN2O3S/c1-14-13-15(21)3-12-20(14)27(24,25)23-18-6-4-16(5-7-18)22-17-8-10-19(26-2)11-9-17/h3-13,22-23H,1-2H3. The molecule has 0 amide bonds. The van der Waals surface area contributed by atoms with Gasteiger partial charge in [-0.15, -0.1) is 0 Å². The minimum atomic E-state index is -3.79. The lowest BCUT2D eigenvalue weighted by molar-refractivity contribution is 0.415. The molecule has 0 heterocycles. The summed E-state index contributed by atoms with van der Waals surface area (Å²) in [7, 11) is -2.18. The maximum atomic E-state index is 13.2. The number of nitrogens with one attached hydrogen (secondary N) is 2. The van der Waals surface area contributed by atoms with Gasteiger partial charge in [-0.1, -0.05) is 0 Å². The molecule has 0 bridgehead atoms. The summed E-state index contributed by atoms with van der Waals surface area (Å²) in [6.07, 6.45) is 0. The van der Waals surface area contributed by atoms with Crippen molar-refractivity contribution in [2.24, 2.45) is 0 Å². The molecule has 0 saturated carbocycles. The highest BCUT2D eigenvalue weighted by atomic mass is 32.2. The van der Waals surface area contributed by atoms with Crippen molar-refractivity contribution >= 4 is 27.1 Å². The third-order valence-electron chi connectivity index (χ3n) is 3.94. The number of benzene rings is 3. The molecule has 7 heteroatoms. The average Bonchev–Trinajstić information content (AvgIpc) is 2.63. The van der Waals surface area contributed by atoms with Crippen LogP contribution < -0.4 is 14.8 Å². The minimum Gasteiger partial charge on any atom is -0.497 e. The fourth-order valence-corrected chi connectivity index (χ4v) is 3.87. The SMILES string of the molecule is COc1ccc(Nc2ccc(NS(=O)(=O)c3ccc(F)cc3C)cc2)cc1. The Hall–Kier alpha value is -3.06. The van der Waals surface area contributed by atoms with Gasteiger partial charge in [-0.2, -0.15) is 0 Å². The predicted octanol–water partition coefficient (Wildman–Crippen LogP) is 4.69. The van der Waals surface area contributed by atoms with Gasteiger partial charge in [0.15, 0.2) is 0 Å². The Kier molecular flexibility index (Phi) is 5.32. The Bertz CT molecular complexity index is 1030. The first-order chi connectivity index (χ1) is 12.9. The molecule has 0 radical (unpaired) electrons. The van der Waals surface area contributed by atoms with Crippen LogP contribution in [0.1, 0.15) is 5.56 Å². The van der Waals surface area contributed by atoms with Crippen molar-refractivity contribution in [3.05, 3.63) is 78.1 Å². The van der Waals surface area contributed by atoms with E-state index in [0.29, 0.717) is 11.3 Å². The van der Waals surface area contributed by atoms with Gasteiger partial charge in [0.2, 0.25) is 0 Å². The molecule has 0 fully saturated rings. The van der Waals surface area contributed by atoms with Gasteiger partial charge in [-0.25, -0.2) is 12.8 Å². The van der Waals surface area contributed by atoms with Gasteiger partial charge in [0, 0.05) is 17.1 Å². The van der Waals surface area contributed by atoms with Crippen LogP contribution in [0.15, 0.2) is 71.6 Å². The molecule has 140 valence electrons. The van der Waals surface area contributed by atoms with Gasteiger partial charge in [-0.3, -0.25) is 4.72 Å². The largest absolute Gasteiger partial charge is 0.497 e. The van der Waals surface area contributed by atoms with E-state index in [9.17, 15) is 12.8 Å². The number of rotatable bonds is 6. The van der Waals surface area contributed by atoms with Gasteiger partial charge >= 0.3 is 0 Å². The van der Waals surface area contributed by atoms with Crippen LogP contribution in [-0.4, -0.2) is 15.5 Å². The minimum absolute atomic E-state index is 0.0457. The zero-order valence-corrected chi connectivity index (χ0v) is 15.7. The summed E-state index contributed by atoms with van der Waals surface area (Å²) in [5.74, 6) is 0.293. The normalized spacial score (nSPS) is 11.1. The number of anilines is 3. The van der Waals surface area contributed by atoms with Gasteiger partial charge in [0.25, 0.3) is 10.0 Å². The summed E-state index contributed by atoms with van der Waals surface area (Å²) < 4.78 is 45.8. The molecule has 5 nitrogen and oxygen atoms in total.